The molecule has 0 saturated heterocycles. The van der Waals surface area contributed by atoms with Gasteiger partial charge in [-0.1, -0.05) is 30.3 Å². The number of carbonyl (C=O) groups excluding carboxylic acids is 1. The van der Waals surface area contributed by atoms with Gasteiger partial charge in [0.1, 0.15) is 11.5 Å². The number of benzene rings is 2. The molecule has 158 valence electrons. The highest BCUT2D eigenvalue weighted by atomic mass is 19.3. The average Bonchev–Trinajstić information content (AvgIpc) is 2.93. The van der Waals surface area contributed by atoms with E-state index in [1.165, 1.54) is 36.2 Å². The maximum absolute atomic E-state index is 13.3. The van der Waals surface area contributed by atoms with Gasteiger partial charge in [-0.15, -0.1) is 6.58 Å². The standard InChI is InChI=1S/C22H23F2N3O3/c1-4-6-14(2)29-18-8-5-7-16(13-18)22(19(28)27(3)21(25)26-22)15-9-11-17(12-10-15)30-20(23)24/h4-5,7-14,20H,1,6H2,2-3H3,(H2,25,26)/t14-,22-/m1/s1. The zero-order chi connectivity index (χ0) is 21.9. The third-order valence-corrected chi connectivity index (χ3v) is 4.82. The fraction of sp³-hybridized carbons (Fsp3) is 0.273. The Kier molecular flexibility index (Phi) is 6.05. The molecule has 2 atom stereocenters. The fourth-order valence-electron chi connectivity index (χ4n) is 3.37. The van der Waals surface area contributed by atoms with E-state index in [0.717, 1.165) is 0 Å². The van der Waals surface area contributed by atoms with Gasteiger partial charge in [-0.25, -0.2) is 4.99 Å². The van der Waals surface area contributed by atoms with Gasteiger partial charge >= 0.3 is 6.61 Å². The van der Waals surface area contributed by atoms with Crippen molar-refractivity contribution >= 4 is 11.9 Å². The second-order valence-electron chi connectivity index (χ2n) is 6.93. The van der Waals surface area contributed by atoms with Crippen molar-refractivity contribution in [3.8, 4) is 11.5 Å². The minimum atomic E-state index is -2.94. The van der Waals surface area contributed by atoms with Crippen molar-refractivity contribution in [2.45, 2.75) is 31.6 Å². The molecule has 2 aromatic carbocycles. The largest absolute Gasteiger partial charge is 0.490 e. The number of hydrogen-bond acceptors (Lipinski definition) is 5. The van der Waals surface area contributed by atoms with Crippen LogP contribution in [0.3, 0.4) is 0 Å². The minimum absolute atomic E-state index is 0.0185. The number of nitrogens with zero attached hydrogens (tertiary/aromatic N) is 2. The normalized spacial score (nSPS) is 19.6. The van der Waals surface area contributed by atoms with Crippen molar-refractivity contribution in [2.24, 2.45) is 10.7 Å². The molecule has 0 bridgehead atoms. The number of hydrogen-bond donors (Lipinski definition) is 1. The lowest BCUT2D eigenvalue weighted by Crippen LogP contribution is -2.41. The van der Waals surface area contributed by atoms with E-state index in [1.54, 1.807) is 30.3 Å². The highest BCUT2D eigenvalue weighted by molar-refractivity contribution is 6.08. The Balaban J connectivity index is 2.07. The predicted molar refractivity (Wildman–Crippen MR) is 110 cm³/mol. The quantitative estimate of drug-likeness (QED) is 0.668. The lowest BCUT2D eigenvalue weighted by Gasteiger charge is -2.27. The van der Waals surface area contributed by atoms with Crippen LogP contribution >= 0.6 is 0 Å². The first-order valence-corrected chi connectivity index (χ1v) is 9.35. The van der Waals surface area contributed by atoms with E-state index >= 15 is 0 Å². The number of likely N-dealkylation sites (N-methyl/N-ethyl adjacent to an activating group) is 1. The van der Waals surface area contributed by atoms with Crippen LogP contribution in [0.25, 0.3) is 0 Å². The molecule has 1 aliphatic heterocycles. The van der Waals surface area contributed by atoms with E-state index in [4.69, 9.17) is 10.5 Å². The maximum atomic E-state index is 13.3. The topological polar surface area (TPSA) is 77.2 Å². The number of halogens is 2. The number of nitrogens with two attached hydrogens (primary N) is 1. The summed E-state index contributed by atoms with van der Waals surface area (Å²) in [7, 11) is 1.53. The number of guanidine groups is 1. The Labute approximate surface area is 173 Å². The zero-order valence-corrected chi connectivity index (χ0v) is 16.7. The summed E-state index contributed by atoms with van der Waals surface area (Å²) in [5.74, 6) is 0.239. The molecule has 3 rings (SSSR count). The molecule has 0 spiro atoms. The van der Waals surface area contributed by atoms with Crippen LogP contribution in [0.15, 0.2) is 66.2 Å². The Morgan fingerprint density at radius 2 is 1.87 bits per heavy atom. The van der Waals surface area contributed by atoms with Crippen molar-refractivity contribution in [1.82, 2.24) is 4.90 Å². The van der Waals surface area contributed by atoms with Gasteiger partial charge in [-0.3, -0.25) is 9.69 Å². The lowest BCUT2D eigenvalue weighted by atomic mass is 9.82. The van der Waals surface area contributed by atoms with Gasteiger partial charge in [0, 0.05) is 13.5 Å². The van der Waals surface area contributed by atoms with Gasteiger partial charge in [0.15, 0.2) is 11.5 Å². The first-order valence-electron chi connectivity index (χ1n) is 9.35. The molecule has 0 aromatic heterocycles. The molecule has 8 heteroatoms. The smallest absolute Gasteiger partial charge is 0.387 e. The summed E-state index contributed by atoms with van der Waals surface area (Å²) < 4.78 is 35.3. The number of rotatable bonds is 8. The van der Waals surface area contributed by atoms with Crippen LogP contribution in [-0.4, -0.2) is 36.5 Å². The third kappa shape index (κ3) is 3.98. The second kappa shape index (κ2) is 8.52. The zero-order valence-electron chi connectivity index (χ0n) is 16.7. The van der Waals surface area contributed by atoms with Crippen molar-refractivity contribution in [2.75, 3.05) is 7.05 Å². The Morgan fingerprint density at radius 3 is 2.43 bits per heavy atom. The Bertz CT molecular complexity index is 962. The number of aliphatic imine (C=N–C) groups is 1. The van der Waals surface area contributed by atoms with E-state index in [0.29, 0.717) is 23.3 Å². The van der Waals surface area contributed by atoms with E-state index in [1.807, 2.05) is 6.92 Å². The molecule has 1 amide bonds. The molecular formula is C22H23F2N3O3. The maximum Gasteiger partial charge on any atom is 0.387 e. The molecule has 2 N–H and O–H groups in total. The van der Waals surface area contributed by atoms with Crippen molar-refractivity contribution in [3.05, 3.63) is 72.3 Å². The summed E-state index contributed by atoms with van der Waals surface area (Å²) in [6.45, 7) is 2.68. The molecule has 0 fully saturated rings. The molecule has 0 saturated carbocycles. The van der Waals surface area contributed by atoms with Crippen LogP contribution in [-0.2, 0) is 10.3 Å². The first-order chi connectivity index (χ1) is 14.3. The predicted octanol–water partition coefficient (Wildman–Crippen LogP) is 3.66. The summed E-state index contributed by atoms with van der Waals surface area (Å²) in [6, 6.07) is 12.8. The van der Waals surface area contributed by atoms with E-state index in [9.17, 15) is 13.6 Å². The SMILES string of the molecule is C=CC[C@@H](C)Oc1cccc([C@@]2(c3ccc(OC(F)F)cc3)N=C(N)N(C)C2=O)c1. The molecule has 6 nitrogen and oxygen atoms in total. The van der Waals surface area contributed by atoms with Crippen molar-refractivity contribution in [3.63, 3.8) is 0 Å². The molecular weight excluding hydrogens is 392 g/mol. The van der Waals surface area contributed by atoms with Crippen molar-refractivity contribution < 1.29 is 23.0 Å². The number of ether oxygens (including phenoxy) is 2. The van der Waals surface area contributed by atoms with Gasteiger partial charge in [0.25, 0.3) is 5.91 Å². The third-order valence-electron chi connectivity index (χ3n) is 4.82. The molecule has 0 aliphatic carbocycles. The lowest BCUT2D eigenvalue weighted by molar-refractivity contribution is -0.129. The van der Waals surface area contributed by atoms with Gasteiger partial charge in [0.05, 0.1) is 6.10 Å². The van der Waals surface area contributed by atoms with Gasteiger partial charge in [-0.2, -0.15) is 8.78 Å². The van der Waals surface area contributed by atoms with Gasteiger partial charge < -0.3 is 15.2 Å². The number of alkyl halides is 2. The van der Waals surface area contributed by atoms with Crippen molar-refractivity contribution in [1.29, 1.82) is 0 Å². The van der Waals surface area contributed by atoms with E-state index < -0.39 is 12.2 Å². The van der Waals surface area contributed by atoms with Crippen LogP contribution in [0.1, 0.15) is 24.5 Å². The summed E-state index contributed by atoms with van der Waals surface area (Å²) in [4.78, 5) is 19.0. The van der Waals surface area contributed by atoms with Gasteiger partial charge in [0.2, 0.25) is 0 Å². The summed E-state index contributed by atoms with van der Waals surface area (Å²) in [5, 5.41) is 0. The van der Waals surface area contributed by atoms with Crippen LogP contribution in [0, 0.1) is 0 Å². The summed E-state index contributed by atoms with van der Waals surface area (Å²) >= 11 is 0. The van der Waals surface area contributed by atoms with Crippen LogP contribution in [0.4, 0.5) is 8.78 Å². The molecule has 2 aromatic rings. The second-order valence-corrected chi connectivity index (χ2v) is 6.93. The van der Waals surface area contributed by atoms with E-state index in [2.05, 4.69) is 16.3 Å². The molecule has 1 aliphatic rings. The monoisotopic (exact) mass is 415 g/mol. The molecule has 1 heterocycles. The van der Waals surface area contributed by atoms with Gasteiger partial charge in [-0.05, 0) is 42.3 Å². The fourth-order valence-corrected chi connectivity index (χ4v) is 3.37. The van der Waals surface area contributed by atoms with Crippen LogP contribution < -0.4 is 15.2 Å². The molecule has 0 radical (unpaired) electrons. The molecule has 30 heavy (non-hydrogen) atoms. The number of carbonyl (C=O) groups is 1. The summed E-state index contributed by atoms with van der Waals surface area (Å²) in [5.41, 5.74) is 5.52. The summed E-state index contributed by atoms with van der Waals surface area (Å²) in [6.07, 6.45) is 2.32. The van der Waals surface area contributed by atoms with Crippen LogP contribution in [0.2, 0.25) is 0 Å². The Hall–Kier alpha value is -3.42. The first kappa shape index (κ1) is 21.3. The highest BCUT2D eigenvalue weighted by Crippen LogP contribution is 2.41. The average molecular weight is 415 g/mol. The van der Waals surface area contributed by atoms with E-state index in [-0.39, 0.29) is 23.7 Å². The molecule has 0 unspecified atom stereocenters. The number of amides is 1. The highest BCUT2D eigenvalue weighted by Gasteiger charge is 2.49. The van der Waals surface area contributed by atoms with Crippen LogP contribution in [0.5, 0.6) is 11.5 Å². The Morgan fingerprint density at radius 1 is 1.17 bits per heavy atom. The minimum Gasteiger partial charge on any atom is -0.490 e.